The summed E-state index contributed by atoms with van der Waals surface area (Å²) in [5.41, 5.74) is 0. The molecule has 0 bridgehead atoms. The van der Waals surface area contributed by atoms with E-state index in [-0.39, 0.29) is 34.4 Å². The summed E-state index contributed by atoms with van der Waals surface area (Å²) in [7, 11) is 1.42. The number of methoxy groups -OCH3 is 1. The van der Waals surface area contributed by atoms with E-state index in [1.165, 1.54) is 31.4 Å². The van der Waals surface area contributed by atoms with Crippen LogP contribution in [0.15, 0.2) is 30.3 Å². The fourth-order valence-corrected chi connectivity index (χ4v) is 2.95. The molecule has 0 saturated heterocycles. The standard InChI is InChI=1S/C17H12Cl4O5/c1-24-14-8-9(18)2-3-13(14)25-15(22)4-5-16(23)26-17-11(20)6-10(19)7-12(17)21/h2-3,6-8H,4-5H2,1H3. The van der Waals surface area contributed by atoms with Crippen molar-refractivity contribution in [3.8, 4) is 17.2 Å². The normalized spacial score (nSPS) is 10.3. The molecule has 2 aromatic carbocycles. The van der Waals surface area contributed by atoms with E-state index in [2.05, 4.69) is 0 Å². The highest BCUT2D eigenvalue weighted by atomic mass is 35.5. The summed E-state index contributed by atoms with van der Waals surface area (Å²) < 4.78 is 15.3. The number of benzene rings is 2. The number of hydrogen-bond donors (Lipinski definition) is 0. The molecule has 9 heteroatoms. The Hall–Kier alpha value is -1.66. The van der Waals surface area contributed by atoms with E-state index in [4.69, 9.17) is 60.6 Å². The number of esters is 2. The van der Waals surface area contributed by atoms with Crippen LogP contribution in [0.2, 0.25) is 20.1 Å². The molecule has 0 fully saturated rings. The van der Waals surface area contributed by atoms with E-state index in [1.54, 1.807) is 6.07 Å². The summed E-state index contributed by atoms with van der Waals surface area (Å²) in [6.45, 7) is 0. The summed E-state index contributed by atoms with van der Waals surface area (Å²) in [4.78, 5) is 23.8. The second kappa shape index (κ2) is 9.33. The van der Waals surface area contributed by atoms with Crippen LogP contribution in [0.25, 0.3) is 0 Å². The molecule has 0 aliphatic rings. The van der Waals surface area contributed by atoms with Gasteiger partial charge in [-0.1, -0.05) is 46.4 Å². The van der Waals surface area contributed by atoms with Gasteiger partial charge in [0, 0.05) is 16.1 Å². The largest absolute Gasteiger partial charge is 0.493 e. The molecule has 5 nitrogen and oxygen atoms in total. The van der Waals surface area contributed by atoms with Crippen molar-refractivity contribution in [2.45, 2.75) is 12.8 Å². The van der Waals surface area contributed by atoms with Gasteiger partial charge in [0.05, 0.1) is 30.0 Å². The molecule has 0 N–H and O–H groups in total. The molecule has 26 heavy (non-hydrogen) atoms. The lowest BCUT2D eigenvalue weighted by molar-refractivity contribution is -0.140. The first kappa shape index (κ1) is 20.6. The van der Waals surface area contributed by atoms with Gasteiger partial charge < -0.3 is 14.2 Å². The Morgan fingerprint density at radius 1 is 0.808 bits per heavy atom. The number of carbonyl (C=O) groups excluding carboxylic acids is 2. The third-order valence-electron chi connectivity index (χ3n) is 3.06. The summed E-state index contributed by atoms with van der Waals surface area (Å²) in [6.07, 6.45) is -0.447. The van der Waals surface area contributed by atoms with Crippen LogP contribution in [-0.2, 0) is 9.59 Å². The Kier molecular flexibility index (Phi) is 7.41. The Bertz CT molecular complexity index is 815. The minimum atomic E-state index is -0.698. The second-order valence-electron chi connectivity index (χ2n) is 4.94. The van der Waals surface area contributed by atoms with Gasteiger partial charge >= 0.3 is 11.9 Å². The smallest absolute Gasteiger partial charge is 0.311 e. The highest BCUT2D eigenvalue weighted by Crippen LogP contribution is 2.36. The lowest BCUT2D eigenvalue weighted by Gasteiger charge is -2.10. The molecule has 0 unspecified atom stereocenters. The number of carbonyl (C=O) groups is 2. The minimum absolute atomic E-state index is 0.0181. The van der Waals surface area contributed by atoms with Crippen LogP contribution >= 0.6 is 46.4 Å². The van der Waals surface area contributed by atoms with Crippen LogP contribution in [0.5, 0.6) is 17.2 Å². The maximum Gasteiger partial charge on any atom is 0.311 e. The predicted octanol–water partition coefficient (Wildman–Crippen LogP) is 5.60. The first-order valence-electron chi connectivity index (χ1n) is 7.19. The molecule has 2 rings (SSSR count). The molecule has 0 atom stereocenters. The van der Waals surface area contributed by atoms with E-state index in [9.17, 15) is 9.59 Å². The van der Waals surface area contributed by atoms with Gasteiger partial charge in [0.1, 0.15) is 0 Å². The minimum Gasteiger partial charge on any atom is -0.493 e. The summed E-state index contributed by atoms with van der Waals surface area (Å²) in [5.74, 6) is -0.866. The number of halogens is 4. The van der Waals surface area contributed by atoms with Gasteiger partial charge in [-0.2, -0.15) is 0 Å². The average Bonchev–Trinajstić information content (AvgIpc) is 2.57. The van der Waals surface area contributed by atoms with Gasteiger partial charge in [0.2, 0.25) is 0 Å². The zero-order chi connectivity index (χ0) is 19.3. The molecular weight excluding hydrogens is 426 g/mol. The molecule has 0 amide bonds. The van der Waals surface area contributed by atoms with Gasteiger partial charge in [0.25, 0.3) is 0 Å². The Morgan fingerprint density at radius 2 is 1.38 bits per heavy atom. The lowest BCUT2D eigenvalue weighted by Crippen LogP contribution is -2.14. The monoisotopic (exact) mass is 436 g/mol. The van der Waals surface area contributed by atoms with E-state index in [1.807, 2.05) is 0 Å². The Morgan fingerprint density at radius 3 is 1.96 bits per heavy atom. The maximum atomic E-state index is 11.9. The zero-order valence-corrected chi connectivity index (χ0v) is 16.4. The van der Waals surface area contributed by atoms with E-state index >= 15 is 0 Å². The number of ether oxygens (including phenoxy) is 3. The van der Waals surface area contributed by atoms with Gasteiger partial charge in [0.15, 0.2) is 17.2 Å². The second-order valence-corrected chi connectivity index (χ2v) is 6.63. The molecule has 0 aliphatic carbocycles. The van der Waals surface area contributed by atoms with Crippen molar-refractivity contribution in [1.82, 2.24) is 0 Å². The Balaban J connectivity index is 1.93. The molecule has 0 aliphatic heterocycles. The van der Waals surface area contributed by atoms with Crippen LogP contribution in [0.1, 0.15) is 12.8 Å². The van der Waals surface area contributed by atoms with Crippen LogP contribution in [0.3, 0.4) is 0 Å². The highest BCUT2D eigenvalue weighted by Gasteiger charge is 2.17. The molecular formula is C17H12Cl4O5. The fourth-order valence-electron chi connectivity index (χ4n) is 1.89. The third kappa shape index (κ3) is 5.68. The van der Waals surface area contributed by atoms with Crippen molar-refractivity contribution in [2.75, 3.05) is 7.11 Å². The van der Waals surface area contributed by atoms with Gasteiger partial charge in [-0.3, -0.25) is 9.59 Å². The van der Waals surface area contributed by atoms with E-state index < -0.39 is 11.9 Å². The summed E-state index contributed by atoms with van der Waals surface area (Å²) in [5, 5.41) is 0.913. The molecule has 0 spiro atoms. The van der Waals surface area contributed by atoms with Gasteiger partial charge in [-0.25, -0.2) is 0 Å². The summed E-state index contributed by atoms with van der Waals surface area (Å²) in [6, 6.07) is 7.32. The van der Waals surface area contributed by atoms with Crippen molar-refractivity contribution >= 4 is 58.3 Å². The predicted molar refractivity (Wildman–Crippen MR) is 100.0 cm³/mol. The highest BCUT2D eigenvalue weighted by molar-refractivity contribution is 6.40. The van der Waals surface area contributed by atoms with E-state index in [0.717, 1.165) is 0 Å². The van der Waals surface area contributed by atoms with Crippen molar-refractivity contribution in [3.63, 3.8) is 0 Å². The number of rotatable bonds is 6. The fraction of sp³-hybridized carbons (Fsp3) is 0.176. The first-order chi connectivity index (χ1) is 12.3. The molecule has 0 saturated carbocycles. The molecule has 2 aromatic rings. The molecule has 0 aromatic heterocycles. The topological polar surface area (TPSA) is 61.8 Å². The zero-order valence-electron chi connectivity index (χ0n) is 13.4. The quantitative estimate of drug-likeness (QED) is 0.434. The van der Waals surface area contributed by atoms with Crippen molar-refractivity contribution in [1.29, 1.82) is 0 Å². The first-order valence-corrected chi connectivity index (χ1v) is 8.70. The third-order valence-corrected chi connectivity index (χ3v) is 4.08. The molecule has 138 valence electrons. The van der Waals surface area contributed by atoms with Gasteiger partial charge in [-0.05, 0) is 24.3 Å². The van der Waals surface area contributed by atoms with Crippen molar-refractivity contribution in [3.05, 3.63) is 50.4 Å². The van der Waals surface area contributed by atoms with Crippen LogP contribution in [0, 0.1) is 0 Å². The summed E-state index contributed by atoms with van der Waals surface area (Å²) >= 11 is 23.5. The lowest BCUT2D eigenvalue weighted by atomic mass is 10.3. The molecule has 0 heterocycles. The van der Waals surface area contributed by atoms with Crippen LogP contribution in [-0.4, -0.2) is 19.0 Å². The van der Waals surface area contributed by atoms with Crippen LogP contribution < -0.4 is 14.2 Å². The molecule has 0 radical (unpaired) electrons. The van der Waals surface area contributed by atoms with E-state index in [0.29, 0.717) is 15.8 Å². The van der Waals surface area contributed by atoms with Crippen LogP contribution in [0.4, 0.5) is 0 Å². The average molecular weight is 438 g/mol. The van der Waals surface area contributed by atoms with Crippen molar-refractivity contribution in [2.24, 2.45) is 0 Å². The maximum absolute atomic E-state index is 11.9. The van der Waals surface area contributed by atoms with Gasteiger partial charge in [-0.15, -0.1) is 0 Å². The number of hydrogen-bond acceptors (Lipinski definition) is 5. The van der Waals surface area contributed by atoms with Crippen molar-refractivity contribution < 1.29 is 23.8 Å². The Labute approximate surface area is 169 Å². The SMILES string of the molecule is COc1cc(Cl)ccc1OC(=O)CCC(=O)Oc1c(Cl)cc(Cl)cc1Cl.